The fourth-order valence-corrected chi connectivity index (χ4v) is 3.72. The summed E-state index contributed by atoms with van der Waals surface area (Å²) < 4.78 is 2.45. The van der Waals surface area contributed by atoms with E-state index < -0.39 is 0 Å². The van der Waals surface area contributed by atoms with E-state index in [-0.39, 0.29) is 5.91 Å². The van der Waals surface area contributed by atoms with Crippen molar-refractivity contribution in [1.82, 2.24) is 5.32 Å². The summed E-state index contributed by atoms with van der Waals surface area (Å²) in [5.41, 5.74) is 0.610. The van der Waals surface area contributed by atoms with Crippen LogP contribution in [0.1, 0.15) is 15.2 Å². The standard InChI is InChI=1S/C12H8Br2ClNOS/c13-8-3-7(4-9(14)5-8)12(17)16-6-10-1-2-11(15)18-10/h1-5H,6H2,(H,16,17). The van der Waals surface area contributed by atoms with E-state index in [1.165, 1.54) is 11.3 Å². The molecule has 0 aliphatic carbocycles. The van der Waals surface area contributed by atoms with Crippen LogP contribution in [-0.4, -0.2) is 5.91 Å². The third-order valence-electron chi connectivity index (χ3n) is 2.18. The van der Waals surface area contributed by atoms with E-state index in [1.807, 2.05) is 18.2 Å². The number of nitrogens with one attached hydrogen (secondary N) is 1. The van der Waals surface area contributed by atoms with Gasteiger partial charge in [0, 0.05) is 19.4 Å². The zero-order chi connectivity index (χ0) is 13.1. The third-order valence-corrected chi connectivity index (χ3v) is 4.32. The quantitative estimate of drug-likeness (QED) is 0.771. The maximum absolute atomic E-state index is 11.9. The van der Waals surface area contributed by atoms with Crippen molar-refractivity contribution in [2.75, 3.05) is 0 Å². The summed E-state index contributed by atoms with van der Waals surface area (Å²) in [6, 6.07) is 9.17. The second-order valence-corrected chi connectivity index (χ2v) is 7.18. The van der Waals surface area contributed by atoms with Crippen molar-refractivity contribution < 1.29 is 4.79 Å². The number of rotatable bonds is 3. The van der Waals surface area contributed by atoms with Crippen molar-refractivity contribution in [3.05, 3.63) is 54.1 Å². The van der Waals surface area contributed by atoms with Crippen LogP contribution >= 0.6 is 54.8 Å². The Morgan fingerprint density at radius 3 is 2.44 bits per heavy atom. The van der Waals surface area contributed by atoms with Crippen LogP contribution in [0.2, 0.25) is 4.34 Å². The fourth-order valence-electron chi connectivity index (χ4n) is 1.40. The number of benzene rings is 1. The topological polar surface area (TPSA) is 29.1 Å². The van der Waals surface area contributed by atoms with Crippen LogP contribution < -0.4 is 5.32 Å². The highest BCUT2D eigenvalue weighted by molar-refractivity contribution is 9.11. The van der Waals surface area contributed by atoms with E-state index in [0.717, 1.165) is 18.2 Å². The molecule has 94 valence electrons. The number of thiophene rings is 1. The molecular formula is C12H8Br2ClNOS. The molecule has 0 fully saturated rings. The van der Waals surface area contributed by atoms with E-state index in [9.17, 15) is 4.79 Å². The molecule has 1 amide bonds. The van der Waals surface area contributed by atoms with E-state index >= 15 is 0 Å². The smallest absolute Gasteiger partial charge is 0.251 e. The van der Waals surface area contributed by atoms with Gasteiger partial charge in [0.1, 0.15) is 0 Å². The third kappa shape index (κ3) is 3.82. The Bertz CT molecular complexity index is 565. The first-order valence-electron chi connectivity index (χ1n) is 5.03. The molecule has 2 nitrogen and oxygen atoms in total. The number of hydrogen-bond donors (Lipinski definition) is 1. The van der Waals surface area contributed by atoms with Crippen LogP contribution in [0.4, 0.5) is 0 Å². The van der Waals surface area contributed by atoms with E-state index in [0.29, 0.717) is 12.1 Å². The molecule has 1 N–H and O–H groups in total. The monoisotopic (exact) mass is 407 g/mol. The van der Waals surface area contributed by atoms with Crippen molar-refractivity contribution in [3.63, 3.8) is 0 Å². The first-order chi connectivity index (χ1) is 8.54. The number of hydrogen-bond acceptors (Lipinski definition) is 2. The van der Waals surface area contributed by atoms with Crippen LogP contribution in [0.25, 0.3) is 0 Å². The summed E-state index contributed by atoms with van der Waals surface area (Å²) in [5.74, 6) is -0.110. The second-order valence-electron chi connectivity index (χ2n) is 3.55. The fraction of sp³-hybridized carbons (Fsp3) is 0.0833. The molecule has 6 heteroatoms. The molecule has 0 saturated carbocycles. The zero-order valence-corrected chi connectivity index (χ0v) is 13.8. The maximum atomic E-state index is 11.9. The predicted molar refractivity (Wildman–Crippen MR) is 82.3 cm³/mol. The van der Waals surface area contributed by atoms with Gasteiger partial charge in [-0.2, -0.15) is 0 Å². The summed E-state index contributed by atoms with van der Waals surface area (Å²) in [6.07, 6.45) is 0. The summed E-state index contributed by atoms with van der Waals surface area (Å²) in [6.45, 7) is 0.486. The zero-order valence-electron chi connectivity index (χ0n) is 9.04. The lowest BCUT2D eigenvalue weighted by Gasteiger charge is -2.05. The van der Waals surface area contributed by atoms with Crippen molar-refractivity contribution in [2.45, 2.75) is 6.54 Å². The molecular weight excluding hydrogens is 401 g/mol. The largest absolute Gasteiger partial charge is 0.347 e. The molecule has 0 aliphatic rings. The van der Waals surface area contributed by atoms with E-state index in [2.05, 4.69) is 37.2 Å². The van der Waals surface area contributed by atoms with Crippen LogP contribution in [0.5, 0.6) is 0 Å². The van der Waals surface area contributed by atoms with Crippen molar-refractivity contribution in [1.29, 1.82) is 0 Å². The van der Waals surface area contributed by atoms with Crippen molar-refractivity contribution in [2.24, 2.45) is 0 Å². The number of amides is 1. The molecule has 1 heterocycles. The number of carbonyl (C=O) groups is 1. The second kappa shape index (κ2) is 6.19. The average Bonchev–Trinajstić information content (AvgIpc) is 2.70. The van der Waals surface area contributed by atoms with Gasteiger partial charge in [-0.1, -0.05) is 43.5 Å². The van der Waals surface area contributed by atoms with Crippen molar-refractivity contribution >= 4 is 60.7 Å². The summed E-state index contributed by atoms with van der Waals surface area (Å²) in [7, 11) is 0. The highest BCUT2D eigenvalue weighted by Crippen LogP contribution is 2.22. The summed E-state index contributed by atoms with van der Waals surface area (Å²) in [4.78, 5) is 13.0. The van der Waals surface area contributed by atoms with Crippen LogP contribution in [0.15, 0.2) is 39.3 Å². The van der Waals surface area contributed by atoms with Crippen molar-refractivity contribution in [3.8, 4) is 0 Å². The minimum absolute atomic E-state index is 0.110. The highest BCUT2D eigenvalue weighted by atomic mass is 79.9. The molecule has 2 rings (SSSR count). The molecule has 0 spiro atoms. The van der Waals surface area contributed by atoms with E-state index in [4.69, 9.17) is 11.6 Å². The molecule has 1 aromatic carbocycles. The first-order valence-corrected chi connectivity index (χ1v) is 7.81. The number of halogens is 3. The maximum Gasteiger partial charge on any atom is 0.251 e. The molecule has 2 aromatic rings. The number of carbonyl (C=O) groups excluding carboxylic acids is 1. The normalized spacial score (nSPS) is 10.4. The van der Waals surface area contributed by atoms with Crippen LogP contribution in [-0.2, 0) is 6.54 Å². The lowest BCUT2D eigenvalue weighted by atomic mass is 10.2. The molecule has 0 aliphatic heterocycles. The summed E-state index contributed by atoms with van der Waals surface area (Å²) >= 11 is 14.0. The van der Waals surface area contributed by atoms with E-state index in [1.54, 1.807) is 12.1 Å². The lowest BCUT2D eigenvalue weighted by Crippen LogP contribution is -2.22. The predicted octanol–water partition coefficient (Wildman–Crippen LogP) is 4.86. The molecule has 0 saturated heterocycles. The van der Waals surface area contributed by atoms with Gasteiger partial charge in [0.05, 0.1) is 10.9 Å². The molecule has 0 bridgehead atoms. The molecule has 0 unspecified atom stereocenters. The molecule has 0 radical (unpaired) electrons. The average molecular weight is 410 g/mol. The minimum atomic E-state index is -0.110. The van der Waals surface area contributed by atoms with Crippen LogP contribution in [0, 0.1) is 0 Å². The van der Waals surface area contributed by atoms with Gasteiger partial charge in [-0.05, 0) is 30.3 Å². The Hall–Kier alpha value is -0.360. The molecule has 1 aromatic heterocycles. The van der Waals surface area contributed by atoms with Crippen LogP contribution in [0.3, 0.4) is 0 Å². The molecule has 0 atom stereocenters. The SMILES string of the molecule is O=C(NCc1ccc(Cl)s1)c1cc(Br)cc(Br)c1. The van der Waals surface area contributed by atoms with Gasteiger partial charge in [0.2, 0.25) is 0 Å². The lowest BCUT2D eigenvalue weighted by molar-refractivity contribution is 0.0951. The van der Waals surface area contributed by atoms with Gasteiger partial charge >= 0.3 is 0 Å². The highest BCUT2D eigenvalue weighted by Gasteiger charge is 2.08. The van der Waals surface area contributed by atoms with Gasteiger partial charge in [0.15, 0.2) is 0 Å². The minimum Gasteiger partial charge on any atom is -0.347 e. The van der Waals surface area contributed by atoms with Gasteiger partial charge in [-0.3, -0.25) is 4.79 Å². The van der Waals surface area contributed by atoms with Gasteiger partial charge in [-0.15, -0.1) is 11.3 Å². The Morgan fingerprint density at radius 2 is 1.89 bits per heavy atom. The van der Waals surface area contributed by atoms with Gasteiger partial charge < -0.3 is 5.32 Å². The first kappa shape index (κ1) is 14.1. The summed E-state index contributed by atoms with van der Waals surface area (Å²) in [5, 5.41) is 2.85. The molecule has 18 heavy (non-hydrogen) atoms. The Morgan fingerprint density at radius 1 is 1.22 bits per heavy atom. The van der Waals surface area contributed by atoms with Gasteiger partial charge in [-0.25, -0.2) is 0 Å². The van der Waals surface area contributed by atoms with Gasteiger partial charge in [0.25, 0.3) is 5.91 Å². The Labute approximate surface area is 131 Å². The Balaban J connectivity index is 2.03. The Kier molecular flexibility index (Phi) is 4.84.